The fourth-order valence-electron chi connectivity index (χ4n) is 4.23. The number of ether oxygens (including phenoxy) is 2. The van der Waals surface area contributed by atoms with Gasteiger partial charge in [0.05, 0.1) is 35.6 Å². The number of amides is 1. The average molecular weight is 458 g/mol. The minimum atomic E-state index is -0.578. The predicted molar refractivity (Wildman–Crippen MR) is 119 cm³/mol. The van der Waals surface area contributed by atoms with Gasteiger partial charge in [-0.2, -0.15) is 0 Å². The van der Waals surface area contributed by atoms with Gasteiger partial charge in [-0.1, -0.05) is 17.7 Å². The highest BCUT2D eigenvalue weighted by molar-refractivity contribution is 6.31. The molecule has 0 aliphatic carbocycles. The van der Waals surface area contributed by atoms with Crippen molar-refractivity contribution in [1.82, 2.24) is 15.3 Å². The van der Waals surface area contributed by atoms with E-state index < -0.39 is 17.5 Å². The van der Waals surface area contributed by atoms with E-state index in [1.54, 1.807) is 29.2 Å². The van der Waals surface area contributed by atoms with E-state index in [0.29, 0.717) is 34.7 Å². The van der Waals surface area contributed by atoms with Crippen molar-refractivity contribution in [2.75, 3.05) is 37.0 Å². The van der Waals surface area contributed by atoms with Gasteiger partial charge < -0.3 is 20.1 Å². The van der Waals surface area contributed by atoms with Gasteiger partial charge in [-0.15, -0.1) is 0 Å². The smallest absolute Gasteiger partial charge is 0.415 e. The van der Waals surface area contributed by atoms with Crippen LogP contribution in [0.1, 0.15) is 12.8 Å². The molecule has 2 fully saturated rings. The maximum Gasteiger partial charge on any atom is 0.415 e. The average Bonchev–Trinajstić information content (AvgIpc) is 3.11. The molecular formula is C22H21ClFN5O3. The topological polar surface area (TPSA) is 88.6 Å². The zero-order valence-corrected chi connectivity index (χ0v) is 18.1. The summed E-state index contributed by atoms with van der Waals surface area (Å²) in [6, 6.07) is 8.17. The van der Waals surface area contributed by atoms with Crippen LogP contribution < -0.4 is 20.3 Å². The summed E-state index contributed by atoms with van der Waals surface area (Å²) >= 11 is 5.91. The number of fused-ring (bicyclic) bond motifs is 1. The van der Waals surface area contributed by atoms with Crippen molar-refractivity contribution >= 4 is 45.8 Å². The number of methoxy groups -OCH3 is 1. The van der Waals surface area contributed by atoms with Crippen LogP contribution in [0.3, 0.4) is 0 Å². The molecule has 3 aromatic rings. The summed E-state index contributed by atoms with van der Waals surface area (Å²) in [6.45, 7) is 2.01. The van der Waals surface area contributed by atoms with Gasteiger partial charge in [-0.3, -0.25) is 4.90 Å². The van der Waals surface area contributed by atoms with Crippen LogP contribution in [0.25, 0.3) is 10.9 Å². The van der Waals surface area contributed by atoms with E-state index in [2.05, 4.69) is 20.6 Å². The molecule has 2 aliphatic heterocycles. The molecule has 0 bridgehead atoms. The number of rotatable bonds is 4. The Bertz CT molecular complexity index is 1200. The van der Waals surface area contributed by atoms with Crippen LogP contribution in [0.4, 0.5) is 26.4 Å². The van der Waals surface area contributed by atoms with Crippen molar-refractivity contribution in [3.05, 3.63) is 47.5 Å². The molecule has 2 aromatic carbocycles. The second kappa shape index (κ2) is 8.07. The fourth-order valence-corrected chi connectivity index (χ4v) is 4.40. The van der Waals surface area contributed by atoms with Crippen LogP contribution in [0.2, 0.25) is 5.02 Å². The van der Waals surface area contributed by atoms with Gasteiger partial charge in [0.15, 0.2) is 5.82 Å². The van der Waals surface area contributed by atoms with Crippen LogP contribution in [-0.4, -0.2) is 48.4 Å². The summed E-state index contributed by atoms with van der Waals surface area (Å²) in [4.78, 5) is 23.0. The molecule has 32 heavy (non-hydrogen) atoms. The van der Waals surface area contributed by atoms with Gasteiger partial charge in [-0.25, -0.2) is 19.2 Å². The van der Waals surface area contributed by atoms with Crippen LogP contribution in [0.15, 0.2) is 36.7 Å². The highest BCUT2D eigenvalue weighted by atomic mass is 35.5. The second-order valence-electron chi connectivity index (χ2n) is 7.88. The fraction of sp³-hybridized carbons (Fsp3) is 0.318. The Hall–Kier alpha value is -3.17. The van der Waals surface area contributed by atoms with Crippen LogP contribution in [0, 0.1) is 5.82 Å². The standard InChI is InChI=1S/C22H21ClFN5O3/c1-31-18-10-16-13(20(27-12-26-16)28-15-4-2-3-14(23)19(15)24)9-17(18)29-11-22(32-21(29)30)5-7-25-8-6-22/h2-4,9-10,12,25H,5-8,11H2,1H3,(H,26,27,28). The molecule has 10 heteroatoms. The van der Waals surface area contributed by atoms with Gasteiger partial charge in [0, 0.05) is 24.3 Å². The molecule has 1 amide bonds. The number of nitrogens with zero attached hydrogens (tertiary/aromatic N) is 3. The normalized spacial score (nSPS) is 17.6. The first-order valence-corrected chi connectivity index (χ1v) is 10.6. The number of hydrogen-bond acceptors (Lipinski definition) is 7. The highest BCUT2D eigenvalue weighted by Crippen LogP contribution is 2.41. The lowest BCUT2D eigenvalue weighted by atomic mass is 9.92. The summed E-state index contributed by atoms with van der Waals surface area (Å²) in [5.74, 6) is 0.286. The quantitative estimate of drug-likeness (QED) is 0.605. The number of aromatic nitrogens is 2. The lowest BCUT2D eigenvalue weighted by Gasteiger charge is -2.31. The third-order valence-electron chi connectivity index (χ3n) is 5.92. The third kappa shape index (κ3) is 3.57. The molecular weight excluding hydrogens is 437 g/mol. The second-order valence-corrected chi connectivity index (χ2v) is 8.28. The van der Waals surface area contributed by atoms with E-state index in [1.165, 1.54) is 19.5 Å². The molecule has 0 atom stereocenters. The van der Waals surface area contributed by atoms with Gasteiger partial charge in [0.2, 0.25) is 0 Å². The van der Waals surface area contributed by atoms with Crippen molar-refractivity contribution in [3.8, 4) is 5.75 Å². The van der Waals surface area contributed by atoms with Gasteiger partial charge in [-0.05, 0) is 31.3 Å². The Balaban J connectivity index is 1.57. The van der Waals surface area contributed by atoms with E-state index >= 15 is 0 Å². The molecule has 2 aliphatic rings. The maximum absolute atomic E-state index is 14.5. The number of halogens is 2. The Labute approximate surface area is 188 Å². The van der Waals surface area contributed by atoms with Gasteiger partial charge >= 0.3 is 6.09 Å². The number of benzene rings is 2. The minimum Gasteiger partial charge on any atom is -0.494 e. The van der Waals surface area contributed by atoms with E-state index in [-0.39, 0.29) is 10.7 Å². The summed E-state index contributed by atoms with van der Waals surface area (Å²) in [5, 5.41) is 6.88. The van der Waals surface area contributed by atoms with E-state index in [0.717, 1.165) is 25.9 Å². The maximum atomic E-state index is 14.5. The number of nitrogens with one attached hydrogen (secondary N) is 2. The molecule has 5 rings (SSSR count). The summed E-state index contributed by atoms with van der Waals surface area (Å²) in [5.41, 5.74) is 0.795. The number of hydrogen-bond donors (Lipinski definition) is 2. The highest BCUT2D eigenvalue weighted by Gasteiger charge is 2.47. The lowest BCUT2D eigenvalue weighted by Crippen LogP contribution is -2.44. The van der Waals surface area contributed by atoms with Crippen molar-refractivity contribution in [2.24, 2.45) is 0 Å². The molecule has 8 nitrogen and oxygen atoms in total. The molecule has 3 heterocycles. The van der Waals surface area contributed by atoms with Crippen LogP contribution in [0.5, 0.6) is 5.75 Å². The molecule has 0 unspecified atom stereocenters. The third-order valence-corrected chi connectivity index (χ3v) is 6.21. The van der Waals surface area contributed by atoms with Gasteiger partial charge in [0.1, 0.15) is 23.5 Å². The Morgan fingerprint density at radius 3 is 2.88 bits per heavy atom. The largest absolute Gasteiger partial charge is 0.494 e. The van der Waals surface area contributed by atoms with E-state index in [1.807, 2.05) is 0 Å². The van der Waals surface area contributed by atoms with Crippen LogP contribution >= 0.6 is 11.6 Å². The van der Waals surface area contributed by atoms with Gasteiger partial charge in [0.25, 0.3) is 0 Å². The lowest BCUT2D eigenvalue weighted by molar-refractivity contribution is 0.0316. The number of piperidine rings is 1. The molecule has 1 aromatic heterocycles. The zero-order chi connectivity index (χ0) is 22.3. The van der Waals surface area contributed by atoms with Crippen molar-refractivity contribution in [3.63, 3.8) is 0 Å². The summed E-state index contributed by atoms with van der Waals surface area (Å²) in [6.07, 6.45) is 2.45. The first kappa shape index (κ1) is 20.7. The Kier molecular flexibility index (Phi) is 5.22. The van der Waals surface area contributed by atoms with Crippen molar-refractivity contribution < 1.29 is 18.7 Å². The van der Waals surface area contributed by atoms with Crippen molar-refractivity contribution in [2.45, 2.75) is 18.4 Å². The van der Waals surface area contributed by atoms with Crippen LogP contribution in [-0.2, 0) is 4.74 Å². The number of carbonyl (C=O) groups is 1. The first-order chi connectivity index (χ1) is 15.5. The Morgan fingerprint density at radius 1 is 1.28 bits per heavy atom. The first-order valence-electron chi connectivity index (χ1n) is 10.2. The van der Waals surface area contributed by atoms with Crippen molar-refractivity contribution in [1.29, 1.82) is 0 Å². The molecule has 2 saturated heterocycles. The number of carbonyl (C=O) groups excluding carboxylic acids is 1. The SMILES string of the molecule is COc1cc2ncnc(Nc3cccc(Cl)c3F)c2cc1N1CC2(CCNCC2)OC1=O. The monoisotopic (exact) mass is 457 g/mol. The molecule has 166 valence electrons. The molecule has 1 spiro atoms. The zero-order valence-electron chi connectivity index (χ0n) is 17.3. The van der Waals surface area contributed by atoms with E-state index in [9.17, 15) is 9.18 Å². The van der Waals surface area contributed by atoms with E-state index in [4.69, 9.17) is 21.1 Å². The molecule has 0 saturated carbocycles. The Morgan fingerprint density at radius 2 is 2.09 bits per heavy atom. The number of anilines is 3. The molecule has 0 radical (unpaired) electrons. The summed E-state index contributed by atoms with van der Waals surface area (Å²) < 4.78 is 25.8. The predicted octanol–water partition coefficient (Wildman–Crippen LogP) is 4.25. The minimum absolute atomic E-state index is 0.00259. The summed E-state index contributed by atoms with van der Waals surface area (Å²) in [7, 11) is 1.54. The molecule has 2 N–H and O–H groups in total.